The van der Waals surface area contributed by atoms with Crippen molar-refractivity contribution in [3.8, 4) is 5.75 Å². The number of nitrogens with one attached hydrogen (secondary N) is 2. The van der Waals surface area contributed by atoms with Crippen LogP contribution in [-0.4, -0.2) is 16.9 Å². The van der Waals surface area contributed by atoms with Gasteiger partial charge in [0, 0.05) is 23.7 Å². The van der Waals surface area contributed by atoms with Crippen molar-refractivity contribution in [3.63, 3.8) is 0 Å². The summed E-state index contributed by atoms with van der Waals surface area (Å²) >= 11 is 0. The van der Waals surface area contributed by atoms with Gasteiger partial charge in [-0.3, -0.25) is 9.59 Å². The minimum atomic E-state index is -0.355. The second-order valence-corrected chi connectivity index (χ2v) is 8.80. The van der Waals surface area contributed by atoms with E-state index in [0.717, 1.165) is 17.6 Å². The van der Waals surface area contributed by atoms with Gasteiger partial charge in [0.1, 0.15) is 5.76 Å². The zero-order chi connectivity index (χ0) is 23.3. The summed E-state index contributed by atoms with van der Waals surface area (Å²) in [6, 6.07) is 11.7. The fourth-order valence-electron chi connectivity index (χ4n) is 3.54. The second kappa shape index (κ2) is 9.69. The summed E-state index contributed by atoms with van der Waals surface area (Å²) in [7, 11) is 0. The lowest BCUT2D eigenvalue weighted by Gasteiger charge is -2.20. The highest BCUT2D eigenvalue weighted by Crippen LogP contribution is 2.28. The SMILES string of the molecule is C=C/C=C(\C=C)Oc1ccc(/C(=C/[C@H]2CCC(=O)N2)c2ccc(C(C)(C)C)cc2)[nH]c1=O. The fraction of sp³-hybridized carbons (Fsp3) is 0.259. The van der Waals surface area contributed by atoms with E-state index in [0.29, 0.717) is 17.9 Å². The van der Waals surface area contributed by atoms with Gasteiger partial charge in [-0.1, -0.05) is 70.3 Å². The number of hydrogen-bond donors (Lipinski definition) is 2. The number of aromatic nitrogens is 1. The van der Waals surface area contributed by atoms with Gasteiger partial charge < -0.3 is 15.0 Å². The first kappa shape index (κ1) is 23.1. The summed E-state index contributed by atoms with van der Waals surface area (Å²) in [6.07, 6.45) is 7.95. The molecular weight excluding hydrogens is 400 g/mol. The predicted molar refractivity (Wildman–Crippen MR) is 130 cm³/mol. The van der Waals surface area contributed by atoms with Gasteiger partial charge in [0.25, 0.3) is 5.56 Å². The molecule has 2 N–H and O–H groups in total. The molecule has 0 radical (unpaired) electrons. The second-order valence-electron chi connectivity index (χ2n) is 8.80. The topological polar surface area (TPSA) is 71.2 Å². The van der Waals surface area contributed by atoms with Crippen LogP contribution in [0, 0.1) is 0 Å². The summed E-state index contributed by atoms with van der Waals surface area (Å²) in [6.45, 7) is 13.8. The zero-order valence-electron chi connectivity index (χ0n) is 18.9. The van der Waals surface area contributed by atoms with E-state index in [1.165, 1.54) is 11.6 Å². The van der Waals surface area contributed by atoms with Crippen molar-refractivity contribution in [2.24, 2.45) is 0 Å². The van der Waals surface area contributed by atoms with Crippen LogP contribution in [0.25, 0.3) is 5.57 Å². The molecule has 0 aliphatic carbocycles. The van der Waals surface area contributed by atoms with Crippen molar-refractivity contribution >= 4 is 11.5 Å². The van der Waals surface area contributed by atoms with Crippen molar-refractivity contribution in [1.82, 2.24) is 10.3 Å². The molecule has 2 aromatic rings. The number of carbonyl (C=O) groups is 1. The number of rotatable bonds is 7. The van der Waals surface area contributed by atoms with Gasteiger partial charge in [-0.05, 0) is 47.2 Å². The molecule has 2 heterocycles. The molecule has 1 aliphatic rings. The number of ether oxygens (including phenoxy) is 1. The van der Waals surface area contributed by atoms with Crippen LogP contribution in [0.2, 0.25) is 0 Å². The van der Waals surface area contributed by atoms with E-state index in [4.69, 9.17) is 4.74 Å². The maximum atomic E-state index is 12.7. The van der Waals surface area contributed by atoms with Crippen LogP contribution >= 0.6 is 0 Å². The van der Waals surface area contributed by atoms with Crippen LogP contribution in [-0.2, 0) is 10.2 Å². The van der Waals surface area contributed by atoms with Crippen molar-refractivity contribution in [2.45, 2.75) is 45.1 Å². The van der Waals surface area contributed by atoms with Crippen LogP contribution in [0.15, 0.2) is 84.4 Å². The lowest BCUT2D eigenvalue weighted by molar-refractivity contribution is -0.119. The van der Waals surface area contributed by atoms with Crippen molar-refractivity contribution in [1.29, 1.82) is 0 Å². The Balaban J connectivity index is 2.01. The predicted octanol–water partition coefficient (Wildman–Crippen LogP) is 5.02. The van der Waals surface area contributed by atoms with E-state index in [-0.39, 0.29) is 28.7 Å². The maximum Gasteiger partial charge on any atom is 0.291 e. The van der Waals surface area contributed by atoms with Gasteiger partial charge >= 0.3 is 0 Å². The van der Waals surface area contributed by atoms with E-state index >= 15 is 0 Å². The molecule has 0 bridgehead atoms. The molecule has 0 saturated carbocycles. The fourth-order valence-corrected chi connectivity index (χ4v) is 3.54. The summed E-state index contributed by atoms with van der Waals surface area (Å²) in [5.41, 5.74) is 3.37. The minimum Gasteiger partial charge on any atom is -0.452 e. The molecule has 3 rings (SSSR count). The quantitative estimate of drug-likeness (QED) is 0.479. The zero-order valence-corrected chi connectivity index (χ0v) is 18.9. The van der Waals surface area contributed by atoms with Gasteiger partial charge in [0.15, 0.2) is 5.75 Å². The van der Waals surface area contributed by atoms with Crippen LogP contribution in [0.1, 0.15) is 50.4 Å². The van der Waals surface area contributed by atoms with Crippen molar-refractivity contribution in [3.05, 3.63) is 107 Å². The Morgan fingerprint density at radius 3 is 2.34 bits per heavy atom. The van der Waals surface area contributed by atoms with Gasteiger partial charge in [0.2, 0.25) is 5.91 Å². The number of benzene rings is 1. The molecule has 1 fully saturated rings. The van der Waals surface area contributed by atoms with E-state index < -0.39 is 0 Å². The molecule has 1 aliphatic heterocycles. The van der Waals surface area contributed by atoms with Crippen molar-refractivity contribution < 1.29 is 9.53 Å². The van der Waals surface area contributed by atoms with Crippen LogP contribution in [0.5, 0.6) is 5.75 Å². The smallest absolute Gasteiger partial charge is 0.291 e. The minimum absolute atomic E-state index is 0.0386. The van der Waals surface area contributed by atoms with Crippen LogP contribution in [0.3, 0.4) is 0 Å². The summed E-state index contributed by atoms with van der Waals surface area (Å²) in [5.74, 6) is 0.635. The van der Waals surface area contributed by atoms with Gasteiger partial charge in [0.05, 0.1) is 0 Å². The molecule has 0 spiro atoms. The number of aromatic amines is 1. The average molecular weight is 431 g/mol. The number of hydrogen-bond acceptors (Lipinski definition) is 3. The molecule has 5 nitrogen and oxygen atoms in total. The Bertz CT molecular complexity index is 1130. The molecule has 1 amide bonds. The van der Waals surface area contributed by atoms with E-state index in [9.17, 15) is 9.59 Å². The number of H-pyrrole nitrogens is 1. The highest BCUT2D eigenvalue weighted by Gasteiger charge is 2.21. The van der Waals surface area contributed by atoms with Crippen LogP contribution in [0.4, 0.5) is 0 Å². The normalized spacial score (nSPS) is 17.1. The third kappa shape index (κ3) is 5.55. The lowest BCUT2D eigenvalue weighted by atomic mass is 9.86. The van der Waals surface area contributed by atoms with E-state index in [1.807, 2.05) is 12.1 Å². The number of amides is 1. The van der Waals surface area contributed by atoms with Gasteiger partial charge in [-0.2, -0.15) is 0 Å². The Labute approximate surface area is 189 Å². The molecule has 0 unspecified atom stereocenters. The third-order valence-corrected chi connectivity index (χ3v) is 5.33. The Morgan fingerprint density at radius 1 is 1.09 bits per heavy atom. The first-order valence-corrected chi connectivity index (χ1v) is 10.7. The summed E-state index contributed by atoms with van der Waals surface area (Å²) in [5, 5.41) is 2.97. The van der Waals surface area contributed by atoms with Crippen molar-refractivity contribution in [2.75, 3.05) is 0 Å². The average Bonchev–Trinajstić information content (AvgIpc) is 3.17. The Hall–Kier alpha value is -3.60. The largest absolute Gasteiger partial charge is 0.452 e. The number of carbonyl (C=O) groups excluding carboxylic acids is 1. The maximum absolute atomic E-state index is 12.7. The number of pyridine rings is 1. The molecule has 1 atom stereocenters. The Kier molecular flexibility index (Phi) is 6.98. The first-order valence-electron chi connectivity index (χ1n) is 10.7. The molecule has 5 heteroatoms. The Morgan fingerprint density at radius 2 is 1.81 bits per heavy atom. The molecule has 1 aromatic carbocycles. The van der Waals surface area contributed by atoms with Gasteiger partial charge in [-0.15, -0.1) is 0 Å². The lowest BCUT2D eigenvalue weighted by Crippen LogP contribution is -2.23. The molecule has 1 saturated heterocycles. The molecule has 32 heavy (non-hydrogen) atoms. The van der Waals surface area contributed by atoms with E-state index in [1.54, 1.807) is 18.2 Å². The molecule has 1 aromatic heterocycles. The highest BCUT2D eigenvalue weighted by atomic mass is 16.5. The first-order chi connectivity index (χ1) is 15.2. The third-order valence-electron chi connectivity index (χ3n) is 5.33. The highest BCUT2D eigenvalue weighted by molar-refractivity contribution is 5.82. The number of allylic oxidation sites excluding steroid dienone is 3. The van der Waals surface area contributed by atoms with Gasteiger partial charge in [-0.25, -0.2) is 0 Å². The molecular formula is C27H30N2O3. The standard InChI is InChI=1S/C27H30N2O3/c1-6-8-21(7-2)32-24-15-14-23(29-26(24)31)22(17-20-13-16-25(30)28-20)18-9-11-19(12-10-18)27(3,4)5/h6-12,14-15,17,20H,1-2,13,16H2,3-5H3,(H,28,30)(H,29,31)/b21-8+,22-17+/t20-/m1/s1. The van der Waals surface area contributed by atoms with E-state index in [2.05, 4.69) is 68.5 Å². The summed E-state index contributed by atoms with van der Waals surface area (Å²) in [4.78, 5) is 27.4. The van der Waals surface area contributed by atoms with Crippen LogP contribution < -0.4 is 15.6 Å². The monoisotopic (exact) mass is 430 g/mol. The molecule has 166 valence electrons. The summed E-state index contributed by atoms with van der Waals surface area (Å²) < 4.78 is 5.63.